The highest BCUT2D eigenvalue weighted by Gasteiger charge is 2.41. The van der Waals surface area contributed by atoms with Crippen molar-refractivity contribution in [3.05, 3.63) is 17.5 Å². The first-order valence-corrected chi connectivity index (χ1v) is 5.52. The molecule has 2 rings (SSSR count). The first-order chi connectivity index (χ1) is 8.43. The number of aryl methyl sites for hydroxylation is 1. The van der Waals surface area contributed by atoms with Gasteiger partial charge in [0.25, 0.3) is 0 Å². The Hall–Kier alpha value is -1.89. The molecule has 1 N–H and O–H groups in total. The molecule has 1 aromatic rings. The molecule has 0 aliphatic carbocycles. The van der Waals surface area contributed by atoms with Gasteiger partial charge in [0.05, 0.1) is 12.2 Å². The van der Waals surface area contributed by atoms with Crippen LogP contribution >= 0.6 is 0 Å². The fourth-order valence-electron chi connectivity index (χ4n) is 2.10. The number of hydrogen-bond donors (Lipinski definition) is 1. The van der Waals surface area contributed by atoms with E-state index in [0.717, 1.165) is 5.69 Å². The number of hydrogen-bond acceptors (Lipinski definition) is 4. The molecular weight excluding hydrogens is 238 g/mol. The highest BCUT2D eigenvalue weighted by atomic mass is 16.5. The van der Waals surface area contributed by atoms with Gasteiger partial charge in [0.1, 0.15) is 6.61 Å². The third-order valence-corrected chi connectivity index (χ3v) is 3.32. The SMILES string of the molecule is Cc1c(C2C(C(=O)O)OCC(=O)N2C)cnn1C. The normalized spacial score (nSPS) is 24.4. The molecule has 1 aliphatic heterocycles. The zero-order chi connectivity index (χ0) is 13.4. The van der Waals surface area contributed by atoms with E-state index in [2.05, 4.69) is 5.10 Å². The number of carbonyl (C=O) groups excluding carboxylic acids is 1. The zero-order valence-corrected chi connectivity index (χ0v) is 10.5. The molecule has 2 atom stereocenters. The lowest BCUT2D eigenvalue weighted by Crippen LogP contribution is -2.50. The van der Waals surface area contributed by atoms with Crippen molar-refractivity contribution in [1.82, 2.24) is 14.7 Å². The van der Waals surface area contributed by atoms with Crippen LogP contribution in [0.1, 0.15) is 17.3 Å². The predicted molar refractivity (Wildman–Crippen MR) is 60.8 cm³/mol. The lowest BCUT2D eigenvalue weighted by Gasteiger charge is -2.36. The Morgan fingerprint density at radius 1 is 1.56 bits per heavy atom. The summed E-state index contributed by atoms with van der Waals surface area (Å²) in [5, 5.41) is 13.3. The van der Waals surface area contributed by atoms with Crippen LogP contribution < -0.4 is 0 Å². The number of carboxylic acids is 1. The standard InChI is InChI=1S/C11H15N3O4/c1-6-7(4-12-14(6)3)9-10(11(16)17)18-5-8(15)13(9)2/h4,9-10H,5H2,1-3H3,(H,16,17). The highest BCUT2D eigenvalue weighted by Crippen LogP contribution is 2.30. The summed E-state index contributed by atoms with van der Waals surface area (Å²) < 4.78 is 6.77. The molecule has 2 unspecified atom stereocenters. The van der Waals surface area contributed by atoms with Crippen molar-refractivity contribution in [3.63, 3.8) is 0 Å². The third kappa shape index (κ3) is 1.86. The summed E-state index contributed by atoms with van der Waals surface area (Å²) in [6.45, 7) is 1.62. The molecule has 18 heavy (non-hydrogen) atoms. The van der Waals surface area contributed by atoms with Gasteiger partial charge in [0, 0.05) is 25.4 Å². The minimum atomic E-state index is -1.08. The van der Waals surface area contributed by atoms with Crippen molar-refractivity contribution in [2.75, 3.05) is 13.7 Å². The van der Waals surface area contributed by atoms with Gasteiger partial charge in [-0.15, -0.1) is 0 Å². The van der Waals surface area contributed by atoms with Crippen molar-refractivity contribution < 1.29 is 19.4 Å². The van der Waals surface area contributed by atoms with Gasteiger partial charge in [0.15, 0.2) is 6.10 Å². The predicted octanol–water partition coefficient (Wildman–Crippen LogP) is -0.289. The monoisotopic (exact) mass is 253 g/mol. The number of aliphatic carboxylic acids is 1. The van der Waals surface area contributed by atoms with Crippen LogP contribution in [0.3, 0.4) is 0 Å². The van der Waals surface area contributed by atoms with Gasteiger partial charge >= 0.3 is 5.97 Å². The number of amides is 1. The summed E-state index contributed by atoms with van der Waals surface area (Å²) in [6, 6.07) is -0.641. The molecule has 1 aliphatic rings. The van der Waals surface area contributed by atoms with E-state index >= 15 is 0 Å². The minimum absolute atomic E-state index is 0.205. The van der Waals surface area contributed by atoms with Gasteiger partial charge in [-0.3, -0.25) is 9.48 Å². The largest absolute Gasteiger partial charge is 0.479 e. The van der Waals surface area contributed by atoms with Crippen LogP contribution in [-0.4, -0.2) is 51.4 Å². The van der Waals surface area contributed by atoms with E-state index in [1.54, 1.807) is 25.0 Å². The number of ether oxygens (including phenoxy) is 1. The Morgan fingerprint density at radius 3 is 2.72 bits per heavy atom. The highest BCUT2D eigenvalue weighted by molar-refractivity contribution is 5.82. The first kappa shape index (κ1) is 12.6. The van der Waals surface area contributed by atoms with E-state index in [1.807, 2.05) is 6.92 Å². The van der Waals surface area contributed by atoms with Crippen molar-refractivity contribution in [2.45, 2.75) is 19.1 Å². The molecule has 0 saturated carbocycles. The fraction of sp³-hybridized carbons (Fsp3) is 0.545. The minimum Gasteiger partial charge on any atom is -0.479 e. The number of morpholine rings is 1. The maximum absolute atomic E-state index is 11.6. The van der Waals surface area contributed by atoms with Gasteiger partial charge in [-0.1, -0.05) is 0 Å². The maximum Gasteiger partial charge on any atom is 0.335 e. The smallest absolute Gasteiger partial charge is 0.335 e. The van der Waals surface area contributed by atoms with Gasteiger partial charge in [-0.25, -0.2) is 4.79 Å². The van der Waals surface area contributed by atoms with E-state index in [-0.39, 0.29) is 12.5 Å². The molecule has 1 amide bonds. The number of likely N-dealkylation sites (N-methyl/N-ethyl adjacent to an activating group) is 1. The first-order valence-electron chi connectivity index (χ1n) is 5.52. The number of carbonyl (C=O) groups is 2. The maximum atomic E-state index is 11.6. The lowest BCUT2D eigenvalue weighted by atomic mass is 9.99. The number of aromatic nitrogens is 2. The lowest BCUT2D eigenvalue weighted by molar-refractivity contribution is -0.171. The van der Waals surface area contributed by atoms with Gasteiger partial charge in [-0.2, -0.15) is 5.10 Å². The van der Waals surface area contributed by atoms with Gasteiger partial charge < -0.3 is 14.7 Å². The Morgan fingerprint density at radius 2 is 2.22 bits per heavy atom. The summed E-state index contributed by atoms with van der Waals surface area (Å²) in [7, 11) is 3.35. The van der Waals surface area contributed by atoms with Crippen LogP contribution in [-0.2, 0) is 21.4 Å². The summed E-state index contributed by atoms with van der Waals surface area (Å²) >= 11 is 0. The molecule has 0 radical (unpaired) electrons. The molecule has 98 valence electrons. The van der Waals surface area contributed by atoms with Gasteiger partial charge in [0.2, 0.25) is 5.91 Å². The molecule has 0 bridgehead atoms. The summed E-state index contributed by atoms with van der Waals surface area (Å²) in [6.07, 6.45) is 0.518. The molecule has 1 fully saturated rings. The average molecular weight is 253 g/mol. The number of carboxylic acid groups (broad SMARTS) is 1. The molecule has 0 spiro atoms. The van der Waals surface area contributed by atoms with Crippen LogP contribution in [0.4, 0.5) is 0 Å². The summed E-state index contributed by atoms with van der Waals surface area (Å²) in [5.41, 5.74) is 1.51. The summed E-state index contributed by atoms with van der Waals surface area (Å²) in [4.78, 5) is 24.3. The van der Waals surface area contributed by atoms with Crippen LogP contribution in [0.15, 0.2) is 6.20 Å². The Balaban J connectivity index is 2.44. The van der Waals surface area contributed by atoms with E-state index in [4.69, 9.17) is 4.74 Å². The molecular formula is C11H15N3O4. The fourth-order valence-corrected chi connectivity index (χ4v) is 2.10. The molecule has 7 heteroatoms. The van der Waals surface area contributed by atoms with Crippen LogP contribution in [0.25, 0.3) is 0 Å². The Kier molecular flexibility index (Phi) is 3.08. The zero-order valence-electron chi connectivity index (χ0n) is 10.5. The summed E-state index contributed by atoms with van der Waals surface area (Å²) in [5.74, 6) is -1.32. The van der Waals surface area contributed by atoms with Crippen molar-refractivity contribution in [2.24, 2.45) is 7.05 Å². The third-order valence-electron chi connectivity index (χ3n) is 3.32. The second kappa shape index (κ2) is 4.41. The van der Waals surface area contributed by atoms with E-state index in [9.17, 15) is 14.7 Å². The van der Waals surface area contributed by atoms with Crippen LogP contribution in [0.2, 0.25) is 0 Å². The van der Waals surface area contributed by atoms with E-state index in [1.165, 1.54) is 4.90 Å². The number of rotatable bonds is 2. The second-order valence-electron chi connectivity index (χ2n) is 4.33. The Labute approximate surface area is 104 Å². The van der Waals surface area contributed by atoms with Crippen molar-refractivity contribution in [1.29, 1.82) is 0 Å². The molecule has 2 heterocycles. The molecule has 1 aromatic heterocycles. The van der Waals surface area contributed by atoms with Crippen LogP contribution in [0.5, 0.6) is 0 Å². The van der Waals surface area contributed by atoms with Crippen LogP contribution in [0, 0.1) is 6.92 Å². The van der Waals surface area contributed by atoms with Gasteiger partial charge in [-0.05, 0) is 6.92 Å². The second-order valence-corrected chi connectivity index (χ2v) is 4.33. The molecule has 7 nitrogen and oxygen atoms in total. The molecule has 1 saturated heterocycles. The van der Waals surface area contributed by atoms with E-state index < -0.39 is 18.1 Å². The molecule has 0 aromatic carbocycles. The topological polar surface area (TPSA) is 84.7 Å². The van der Waals surface area contributed by atoms with E-state index in [0.29, 0.717) is 5.56 Å². The Bertz CT molecular complexity index is 496. The van der Waals surface area contributed by atoms with Crippen molar-refractivity contribution >= 4 is 11.9 Å². The van der Waals surface area contributed by atoms with Crippen molar-refractivity contribution in [3.8, 4) is 0 Å². The average Bonchev–Trinajstić information content (AvgIpc) is 2.63. The number of nitrogens with zero attached hydrogens (tertiary/aromatic N) is 3. The quantitative estimate of drug-likeness (QED) is 0.783.